The van der Waals surface area contributed by atoms with Crippen LogP contribution in [-0.2, 0) is 26.5 Å². The Balaban J connectivity index is 1.89. The van der Waals surface area contributed by atoms with E-state index in [0.29, 0.717) is 35.7 Å². The average molecular weight is 396 g/mol. The van der Waals surface area contributed by atoms with Gasteiger partial charge in [0.05, 0.1) is 23.9 Å². The number of hydrogen-bond donors (Lipinski definition) is 1. The van der Waals surface area contributed by atoms with Crippen molar-refractivity contribution >= 4 is 31.4 Å². The van der Waals surface area contributed by atoms with E-state index in [9.17, 15) is 16.8 Å². The maximum atomic E-state index is 12.6. The molecule has 26 heavy (non-hydrogen) atoms. The van der Waals surface area contributed by atoms with Crippen LogP contribution in [0.4, 0.5) is 11.4 Å². The number of methoxy groups -OCH3 is 1. The zero-order valence-corrected chi connectivity index (χ0v) is 16.3. The number of anilines is 2. The van der Waals surface area contributed by atoms with Gasteiger partial charge in [-0.1, -0.05) is 0 Å². The minimum absolute atomic E-state index is 0.133. The molecule has 9 heteroatoms. The number of nitrogens with zero attached hydrogens (tertiary/aromatic N) is 1. The van der Waals surface area contributed by atoms with E-state index in [4.69, 9.17) is 4.74 Å². The molecule has 2 aromatic carbocycles. The summed E-state index contributed by atoms with van der Waals surface area (Å²) in [6, 6.07) is 9.49. The minimum Gasteiger partial charge on any atom is -0.496 e. The lowest BCUT2D eigenvalue weighted by atomic mass is 10.1. The van der Waals surface area contributed by atoms with Crippen molar-refractivity contribution in [1.82, 2.24) is 0 Å². The Hall–Kier alpha value is -2.26. The molecule has 0 atom stereocenters. The van der Waals surface area contributed by atoms with E-state index in [1.165, 1.54) is 17.5 Å². The van der Waals surface area contributed by atoms with Crippen LogP contribution in [0.25, 0.3) is 0 Å². The number of sulfonamides is 2. The Morgan fingerprint density at radius 1 is 1.08 bits per heavy atom. The lowest BCUT2D eigenvalue weighted by Crippen LogP contribution is -2.27. The van der Waals surface area contributed by atoms with E-state index in [1.807, 2.05) is 0 Å². The number of aryl methyl sites for hydroxylation is 1. The lowest BCUT2D eigenvalue weighted by molar-refractivity contribution is 0.411. The van der Waals surface area contributed by atoms with Gasteiger partial charge in [0, 0.05) is 12.2 Å². The monoisotopic (exact) mass is 396 g/mol. The van der Waals surface area contributed by atoms with Crippen LogP contribution in [0.5, 0.6) is 5.75 Å². The molecule has 3 rings (SSSR count). The highest BCUT2D eigenvalue weighted by molar-refractivity contribution is 7.92. The van der Waals surface area contributed by atoms with Crippen molar-refractivity contribution in [3.8, 4) is 5.75 Å². The van der Waals surface area contributed by atoms with Gasteiger partial charge >= 0.3 is 0 Å². The summed E-state index contributed by atoms with van der Waals surface area (Å²) in [5.74, 6) is 0.613. The predicted molar refractivity (Wildman–Crippen MR) is 101 cm³/mol. The molecule has 7 nitrogen and oxygen atoms in total. The third-order valence-electron chi connectivity index (χ3n) is 4.26. The van der Waals surface area contributed by atoms with Crippen LogP contribution in [0.15, 0.2) is 41.3 Å². The molecule has 0 saturated carbocycles. The van der Waals surface area contributed by atoms with Crippen molar-refractivity contribution in [3.05, 3.63) is 47.5 Å². The maximum Gasteiger partial charge on any atom is 0.261 e. The van der Waals surface area contributed by atoms with Crippen LogP contribution >= 0.6 is 0 Å². The second kappa shape index (κ2) is 6.48. The van der Waals surface area contributed by atoms with Crippen molar-refractivity contribution in [2.75, 3.05) is 28.9 Å². The fourth-order valence-corrected chi connectivity index (χ4v) is 5.10. The maximum absolute atomic E-state index is 12.6. The molecule has 0 unspecified atom stereocenters. The molecular weight excluding hydrogens is 376 g/mol. The number of benzene rings is 2. The van der Waals surface area contributed by atoms with Gasteiger partial charge in [-0.2, -0.15) is 0 Å². The minimum atomic E-state index is -3.76. The lowest BCUT2D eigenvalue weighted by Gasteiger charge is -2.17. The molecule has 0 bridgehead atoms. The Kier molecular flexibility index (Phi) is 4.61. The molecule has 1 aliphatic rings. The molecule has 1 aliphatic heterocycles. The topological polar surface area (TPSA) is 92.8 Å². The first kappa shape index (κ1) is 18.5. The van der Waals surface area contributed by atoms with Crippen LogP contribution in [-0.4, -0.2) is 36.7 Å². The van der Waals surface area contributed by atoms with Gasteiger partial charge in [-0.15, -0.1) is 0 Å². The smallest absolute Gasteiger partial charge is 0.261 e. The van der Waals surface area contributed by atoms with Crippen LogP contribution in [0, 0.1) is 6.92 Å². The van der Waals surface area contributed by atoms with Gasteiger partial charge in [-0.3, -0.25) is 9.03 Å². The zero-order chi connectivity index (χ0) is 19.1. The van der Waals surface area contributed by atoms with Gasteiger partial charge in [-0.25, -0.2) is 16.8 Å². The molecule has 0 spiro atoms. The molecule has 0 radical (unpaired) electrons. The molecule has 0 amide bonds. The summed E-state index contributed by atoms with van der Waals surface area (Å²) in [5.41, 5.74) is 2.50. The highest BCUT2D eigenvalue weighted by atomic mass is 32.2. The standard InChI is InChI=1S/C17H20N2O5S2/c1-12-10-15(5-7-17(12)24-2)26(22,23)18-14-4-6-16-13(11-14)8-9-19(16)25(3,20)21/h4-7,10-11,18H,8-9H2,1-3H3. The Morgan fingerprint density at radius 2 is 1.81 bits per heavy atom. The summed E-state index contributed by atoms with van der Waals surface area (Å²) in [7, 11) is -5.57. The number of ether oxygens (including phenoxy) is 1. The summed E-state index contributed by atoms with van der Waals surface area (Å²) >= 11 is 0. The molecular formula is C17H20N2O5S2. The largest absolute Gasteiger partial charge is 0.496 e. The first-order valence-electron chi connectivity index (χ1n) is 7.90. The van der Waals surface area contributed by atoms with Crippen LogP contribution < -0.4 is 13.8 Å². The molecule has 0 saturated heterocycles. The van der Waals surface area contributed by atoms with E-state index in [1.54, 1.807) is 37.3 Å². The van der Waals surface area contributed by atoms with Crippen molar-refractivity contribution in [2.45, 2.75) is 18.2 Å². The second-order valence-corrected chi connectivity index (χ2v) is 9.75. The van der Waals surface area contributed by atoms with Gasteiger partial charge in [0.1, 0.15) is 5.75 Å². The molecule has 0 fully saturated rings. The van der Waals surface area contributed by atoms with Gasteiger partial charge in [0.25, 0.3) is 10.0 Å². The molecule has 0 aliphatic carbocycles. The summed E-state index contributed by atoms with van der Waals surface area (Å²) in [6.07, 6.45) is 1.70. The van der Waals surface area contributed by atoms with Gasteiger partial charge in [0.2, 0.25) is 10.0 Å². The number of nitrogens with one attached hydrogen (secondary N) is 1. The zero-order valence-electron chi connectivity index (χ0n) is 14.7. The number of rotatable bonds is 5. The first-order chi connectivity index (χ1) is 12.1. The van der Waals surface area contributed by atoms with Crippen LogP contribution in [0.3, 0.4) is 0 Å². The highest BCUT2D eigenvalue weighted by Crippen LogP contribution is 2.33. The highest BCUT2D eigenvalue weighted by Gasteiger charge is 2.26. The fraction of sp³-hybridized carbons (Fsp3) is 0.294. The van der Waals surface area contributed by atoms with Crippen molar-refractivity contribution in [2.24, 2.45) is 0 Å². The number of fused-ring (bicyclic) bond motifs is 1. The average Bonchev–Trinajstić information content (AvgIpc) is 2.97. The Bertz CT molecular complexity index is 1060. The van der Waals surface area contributed by atoms with E-state index in [0.717, 1.165) is 11.8 Å². The van der Waals surface area contributed by atoms with Crippen molar-refractivity contribution < 1.29 is 21.6 Å². The third-order valence-corrected chi connectivity index (χ3v) is 6.82. The normalized spacial score (nSPS) is 14.2. The Morgan fingerprint density at radius 3 is 2.42 bits per heavy atom. The summed E-state index contributed by atoms with van der Waals surface area (Å²) in [6.45, 7) is 2.13. The first-order valence-corrected chi connectivity index (χ1v) is 11.2. The quantitative estimate of drug-likeness (QED) is 0.836. The third kappa shape index (κ3) is 3.49. The van der Waals surface area contributed by atoms with E-state index in [-0.39, 0.29) is 4.90 Å². The van der Waals surface area contributed by atoms with Crippen LogP contribution in [0.2, 0.25) is 0 Å². The summed E-state index contributed by atoms with van der Waals surface area (Å²) in [4.78, 5) is 0.133. The summed E-state index contributed by atoms with van der Waals surface area (Å²) in [5, 5.41) is 0. The molecule has 1 N–H and O–H groups in total. The Labute approximate surface area is 153 Å². The predicted octanol–water partition coefficient (Wildman–Crippen LogP) is 2.13. The molecule has 1 heterocycles. The van der Waals surface area contributed by atoms with Gasteiger partial charge < -0.3 is 4.74 Å². The fourth-order valence-electron chi connectivity index (χ4n) is 3.01. The summed E-state index contributed by atoms with van der Waals surface area (Å²) < 4.78 is 57.8. The molecule has 140 valence electrons. The molecule has 2 aromatic rings. The number of hydrogen-bond acceptors (Lipinski definition) is 5. The van der Waals surface area contributed by atoms with Gasteiger partial charge in [0.15, 0.2) is 0 Å². The van der Waals surface area contributed by atoms with Gasteiger partial charge in [-0.05, 0) is 60.9 Å². The van der Waals surface area contributed by atoms with E-state index >= 15 is 0 Å². The van der Waals surface area contributed by atoms with Crippen molar-refractivity contribution in [1.29, 1.82) is 0 Å². The van der Waals surface area contributed by atoms with E-state index < -0.39 is 20.0 Å². The second-order valence-electron chi connectivity index (χ2n) is 6.17. The molecule has 0 aromatic heterocycles. The SMILES string of the molecule is COc1ccc(S(=O)(=O)Nc2ccc3c(c2)CCN3S(C)(=O)=O)cc1C. The van der Waals surface area contributed by atoms with Crippen LogP contribution in [0.1, 0.15) is 11.1 Å². The van der Waals surface area contributed by atoms with Crippen molar-refractivity contribution in [3.63, 3.8) is 0 Å². The van der Waals surface area contributed by atoms with E-state index in [2.05, 4.69) is 4.72 Å².